The number of alkyl halides is 3. The summed E-state index contributed by atoms with van der Waals surface area (Å²) in [6, 6.07) is 4.48. The van der Waals surface area contributed by atoms with Gasteiger partial charge in [0.1, 0.15) is 6.07 Å². The molecule has 0 aliphatic carbocycles. The molecule has 1 aromatic rings. The van der Waals surface area contributed by atoms with Gasteiger partial charge in [-0.05, 0) is 18.2 Å². The standard InChI is InChI=1S/C10H7ClF3N5/c11-5-1-2-7(6(3-5)10(12,13)14)18-19-8(4-15)9(16)17/h1-3,18H,(H3,16,17)/b19-8+. The van der Waals surface area contributed by atoms with Crippen molar-refractivity contribution in [3.05, 3.63) is 28.8 Å². The van der Waals surface area contributed by atoms with E-state index in [0.29, 0.717) is 0 Å². The molecule has 0 saturated carbocycles. The topological polar surface area (TPSA) is 98.0 Å². The average molecular weight is 290 g/mol. The van der Waals surface area contributed by atoms with E-state index in [1.54, 1.807) is 0 Å². The molecule has 100 valence electrons. The van der Waals surface area contributed by atoms with E-state index in [4.69, 9.17) is 28.0 Å². The Morgan fingerprint density at radius 2 is 2.11 bits per heavy atom. The van der Waals surface area contributed by atoms with E-state index >= 15 is 0 Å². The third-order valence-corrected chi connectivity index (χ3v) is 2.17. The predicted molar refractivity (Wildman–Crippen MR) is 65.0 cm³/mol. The molecule has 0 aliphatic heterocycles. The molecule has 1 rings (SSSR count). The first-order chi connectivity index (χ1) is 8.75. The van der Waals surface area contributed by atoms with Crippen molar-refractivity contribution in [3.8, 4) is 6.07 Å². The highest BCUT2D eigenvalue weighted by molar-refractivity contribution is 6.45. The molecule has 1 aromatic carbocycles. The van der Waals surface area contributed by atoms with Crippen LogP contribution in [0, 0.1) is 16.7 Å². The number of halogens is 4. The molecule has 5 nitrogen and oxygen atoms in total. The van der Waals surface area contributed by atoms with E-state index in [9.17, 15) is 13.2 Å². The first-order valence-corrected chi connectivity index (χ1v) is 5.08. The largest absolute Gasteiger partial charge is 0.418 e. The number of anilines is 1. The van der Waals surface area contributed by atoms with Gasteiger partial charge in [0.15, 0.2) is 5.84 Å². The zero-order valence-electron chi connectivity index (χ0n) is 9.22. The maximum absolute atomic E-state index is 12.7. The number of nitriles is 1. The Labute approximate surface area is 111 Å². The van der Waals surface area contributed by atoms with Crippen LogP contribution in [0.15, 0.2) is 23.3 Å². The van der Waals surface area contributed by atoms with Gasteiger partial charge in [0, 0.05) is 5.02 Å². The predicted octanol–water partition coefficient (Wildman–Crippen LogP) is 2.59. The first-order valence-electron chi connectivity index (χ1n) is 4.70. The molecule has 4 N–H and O–H groups in total. The second-order valence-electron chi connectivity index (χ2n) is 3.29. The van der Waals surface area contributed by atoms with Crippen LogP contribution in [0.2, 0.25) is 5.02 Å². The Morgan fingerprint density at radius 3 is 2.58 bits per heavy atom. The highest BCUT2D eigenvalue weighted by atomic mass is 35.5. The number of amidine groups is 1. The summed E-state index contributed by atoms with van der Waals surface area (Å²) < 4.78 is 38.1. The number of hydrogen-bond donors (Lipinski definition) is 3. The molecule has 0 bridgehead atoms. The van der Waals surface area contributed by atoms with Crippen LogP contribution in [-0.2, 0) is 6.18 Å². The van der Waals surface area contributed by atoms with Crippen LogP contribution in [-0.4, -0.2) is 11.5 Å². The lowest BCUT2D eigenvalue weighted by Gasteiger charge is -2.12. The molecule has 0 heterocycles. The van der Waals surface area contributed by atoms with E-state index in [-0.39, 0.29) is 5.02 Å². The molecule has 0 atom stereocenters. The molecule has 19 heavy (non-hydrogen) atoms. The van der Waals surface area contributed by atoms with Gasteiger partial charge in [-0.1, -0.05) is 11.6 Å². The SMILES string of the molecule is N#C/C(=N\Nc1ccc(Cl)cc1C(F)(F)F)C(=N)N. The molecule has 0 amide bonds. The fourth-order valence-electron chi connectivity index (χ4n) is 1.11. The van der Waals surface area contributed by atoms with Crippen molar-refractivity contribution in [2.45, 2.75) is 6.18 Å². The summed E-state index contributed by atoms with van der Waals surface area (Å²) in [5.41, 5.74) is 5.09. The highest BCUT2D eigenvalue weighted by Gasteiger charge is 2.33. The second kappa shape index (κ2) is 5.58. The fourth-order valence-corrected chi connectivity index (χ4v) is 1.28. The monoisotopic (exact) mass is 289 g/mol. The zero-order valence-corrected chi connectivity index (χ0v) is 9.97. The van der Waals surface area contributed by atoms with Crippen molar-refractivity contribution in [2.24, 2.45) is 10.8 Å². The number of hydrazone groups is 1. The molecule has 0 aliphatic rings. The average Bonchev–Trinajstić information content (AvgIpc) is 2.29. The summed E-state index contributed by atoms with van der Waals surface area (Å²) in [6.07, 6.45) is -4.63. The summed E-state index contributed by atoms with van der Waals surface area (Å²) in [4.78, 5) is 0. The van der Waals surface area contributed by atoms with Gasteiger partial charge in [-0.25, -0.2) is 0 Å². The molecule has 0 fully saturated rings. The summed E-state index contributed by atoms with van der Waals surface area (Å²) in [5.74, 6) is -0.655. The number of hydrogen-bond acceptors (Lipinski definition) is 4. The molecule has 0 radical (unpaired) electrons. The van der Waals surface area contributed by atoms with E-state index in [1.807, 2.05) is 5.43 Å². The number of nitrogens with one attached hydrogen (secondary N) is 2. The van der Waals surface area contributed by atoms with Crippen LogP contribution >= 0.6 is 11.6 Å². The van der Waals surface area contributed by atoms with Gasteiger partial charge in [0.25, 0.3) is 0 Å². The first kappa shape index (κ1) is 14.8. The van der Waals surface area contributed by atoms with Gasteiger partial charge in [0.2, 0.25) is 5.71 Å². The summed E-state index contributed by atoms with van der Waals surface area (Å²) in [6.45, 7) is 0. The minimum absolute atomic E-state index is 0.0890. The number of nitrogens with two attached hydrogens (primary N) is 1. The third-order valence-electron chi connectivity index (χ3n) is 1.94. The van der Waals surface area contributed by atoms with E-state index in [2.05, 4.69) is 5.10 Å². The number of rotatable bonds is 3. The summed E-state index contributed by atoms with van der Waals surface area (Å²) in [7, 11) is 0. The normalized spacial score (nSPS) is 11.8. The van der Waals surface area contributed by atoms with Crippen molar-refractivity contribution in [1.82, 2.24) is 0 Å². The van der Waals surface area contributed by atoms with Gasteiger partial charge >= 0.3 is 6.18 Å². The third kappa shape index (κ3) is 3.86. The lowest BCUT2D eigenvalue weighted by molar-refractivity contribution is -0.136. The Hall–Kier alpha value is -2.27. The van der Waals surface area contributed by atoms with Crippen LogP contribution < -0.4 is 11.2 Å². The number of benzene rings is 1. The molecule has 0 aromatic heterocycles. The Morgan fingerprint density at radius 1 is 1.47 bits per heavy atom. The summed E-state index contributed by atoms with van der Waals surface area (Å²) >= 11 is 5.49. The van der Waals surface area contributed by atoms with Gasteiger partial charge in [-0.3, -0.25) is 10.8 Å². The van der Waals surface area contributed by atoms with Gasteiger partial charge < -0.3 is 5.73 Å². The molecule has 0 saturated heterocycles. The van der Waals surface area contributed by atoms with Crippen molar-refractivity contribution in [2.75, 3.05) is 5.43 Å². The maximum Gasteiger partial charge on any atom is 0.418 e. The molecular formula is C10H7ClF3N5. The second-order valence-corrected chi connectivity index (χ2v) is 3.72. The van der Waals surface area contributed by atoms with Crippen molar-refractivity contribution in [1.29, 1.82) is 10.7 Å². The van der Waals surface area contributed by atoms with Gasteiger partial charge in [-0.2, -0.15) is 23.5 Å². The molecule has 0 unspecified atom stereocenters. The lowest BCUT2D eigenvalue weighted by Crippen LogP contribution is -2.22. The van der Waals surface area contributed by atoms with Crippen molar-refractivity contribution < 1.29 is 13.2 Å². The van der Waals surface area contributed by atoms with Crippen LogP contribution in [0.25, 0.3) is 0 Å². The van der Waals surface area contributed by atoms with Crippen LogP contribution in [0.1, 0.15) is 5.56 Å². The van der Waals surface area contributed by atoms with Gasteiger partial charge in [0.05, 0.1) is 11.3 Å². The highest BCUT2D eigenvalue weighted by Crippen LogP contribution is 2.36. The Bertz CT molecular complexity index is 574. The van der Waals surface area contributed by atoms with E-state index < -0.39 is 29.0 Å². The molecule has 0 spiro atoms. The Kier molecular flexibility index (Phi) is 4.34. The van der Waals surface area contributed by atoms with E-state index in [0.717, 1.165) is 12.1 Å². The minimum atomic E-state index is -4.63. The maximum atomic E-state index is 12.7. The summed E-state index contributed by atoms with van der Waals surface area (Å²) in [5, 5.41) is 18.8. The zero-order chi connectivity index (χ0) is 14.6. The quantitative estimate of drug-likeness (QED) is 0.453. The van der Waals surface area contributed by atoms with E-state index in [1.165, 1.54) is 12.1 Å². The molecular weight excluding hydrogens is 283 g/mol. The Balaban J connectivity index is 3.16. The van der Waals surface area contributed by atoms with Crippen LogP contribution in [0.4, 0.5) is 18.9 Å². The van der Waals surface area contributed by atoms with Gasteiger partial charge in [-0.15, -0.1) is 0 Å². The molecule has 9 heteroatoms. The number of nitrogens with zero attached hydrogens (tertiary/aromatic N) is 2. The van der Waals surface area contributed by atoms with Crippen molar-refractivity contribution in [3.63, 3.8) is 0 Å². The smallest absolute Gasteiger partial charge is 0.382 e. The fraction of sp³-hybridized carbons (Fsp3) is 0.100. The lowest BCUT2D eigenvalue weighted by atomic mass is 10.2. The van der Waals surface area contributed by atoms with Crippen LogP contribution in [0.3, 0.4) is 0 Å². The minimum Gasteiger partial charge on any atom is -0.382 e. The van der Waals surface area contributed by atoms with Crippen molar-refractivity contribution >= 4 is 28.8 Å². The van der Waals surface area contributed by atoms with Crippen LogP contribution in [0.5, 0.6) is 0 Å².